The maximum absolute atomic E-state index is 10.9. The van der Waals surface area contributed by atoms with Crippen LogP contribution in [0.4, 0.5) is 0 Å². The minimum Gasteiger partial charge on any atom is -0.342 e. The molecule has 2 aliphatic heterocycles. The maximum Gasteiger partial charge on any atom is 0.293 e. The highest BCUT2D eigenvalue weighted by Crippen LogP contribution is 2.14. The van der Waals surface area contributed by atoms with Gasteiger partial charge in [-0.3, -0.25) is 4.79 Å². The number of hydrogen-bond acceptors (Lipinski definition) is 1. The monoisotopic (exact) mass is 125 g/mol. The van der Waals surface area contributed by atoms with E-state index in [-0.39, 0.29) is 11.4 Å². The van der Waals surface area contributed by atoms with E-state index in [0.717, 1.165) is 19.4 Å². The van der Waals surface area contributed by atoms with Crippen molar-refractivity contribution in [2.75, 3.05) is 6.54 Å². The Labute approximate surface area is 53.2 Å². The van der Waals surface area contributed by atoms with Gasteiger partial charge in [-0.25, -0.2) is 4.99 Å². The third kappa shape index (κ3) is 0.465. The first-order valence-corrected chi connectivity index (χ1v) is 3.21. The predicted molar refractivity (Wildman–Crippen MR) is 32.0 cm³/mol. The van der Waals surface area contributed by atoms with E-state index in [9.17, 15) is 4.79 Å². The number of nitrogens with one attached hydrogen (secondary N) is 2. The smallest absolute Gasteiger partial charge is 0.293 e. The molecule has 1 amide bonds. The number of amides is 1. The number of carbonyl (C=O) groups is 1. The van der Waals surface area contributed by atoms with E-state index in [1.165, 1.54) is 0 Å². The molecule has 0 aromatic rings. The molecular formula is C6H9N2O+. The van der Waals surface area contributed by atoms with Crippen LogP contribution in [-0.2, 0) is 4.79 Å². The Morgan fingerprint density at radius 3 is 2.89 bits per heavy atom. The zero-order valence-corrected chi connectivity index (χ0v) is 5.11. The standard InChI is InChI=1S/C6H8N2O/c9-5-6(4-7-5)2-1-3-8-6/h3H,1-2,4H2,(H,7,9)/p+1. The summed E-state index contributed by atoms with van der Waals surface area (Å²) in [6.07, 6.45) is 3.96. The minimum absolute atomic E-state index is 0.163. The van der Waals surface area contributed by atoms with Gasteiger partial charge in [0, 0.05) is 12.8 Å². The summed E-state index contributed by atoms with van der Waals surface area (Å²) in [7, 11) is 0. The highest BCUT2D eigenvalue weighted by Gasteiger charge is 2.53. The van der Waals surface area contributed by atoms with Crippen LogP contribution in [0.3, 0.4) is 0 Å². The molecule has 2 aliphatic rings. The average molecular weight is 125 g/mol. The van der Waals surface area contributed by atoms with Gasteiger partial charge in [0.15, 0.2) is 0 Å². The van der Waals surface area contributed by atoms with Crippen LogP contribution in [0.15, 0.2) is 0 Å². The molecular weight excluding hydrogens is 116 g/mol. The lowest BCUT2D eigenvalue weighted by atomic mass is 9.89. The Bertz CT molecular complexity index is 187. The third-order valence-electron chi connectivity index (χ3n) is 2.08. The van der Waals surface area contributed by atoms with Crippen molar-refractivity contribution in [2.24, 2.45) is 0 Å². The molecule has 9 heavy (non-hydrogen) atoms. The van der Waals surface area contributed by atoms with Gasteiger partial charge in [-0.1, -0.05) is 0 Å². The second-order valence-corrected chi connectivity index (χ2v) is 2.65. The molecule has 0 aromatic heterocycles. The van der Waals surface area contributed by atoms with E-state index >= 15 is 0 Å². The fourth-order valence-electron chi connectivity index (χ4n) is 1.35. The molecule has 0 aromatic carbocycles. The van der Waals surface area contributed by atoms with Crippen molar-refractivity contribution in [2.45, 2.75) is 18.4 Å². The van der Waals surface area contributed by atoms with Gasteiger partial charge in [-0.15, -0.1) is 0 Å². The zero-order chi connectivity index (χ0) is 6.32. The summed E-state index contributed by atoms with van der Waals surface area (Å²) in [6.45, 7) is 0.808. The molecule has 1 unspecified atom stereocenters. The Morgan fingerprint density at radius 1 is 1.78 bits per heavy atom. The van der Waals surface area contributed by atoms with E-state index < -0.39 is 0 Å². The average Bonchev–Trinajstić information content (AvgIpc) is 2.34. The third-order valence-corrected chi connectivity index (χ3v) is 2.08. The number of carbonyl (C=O) groups excluding carboxylic acids is 1. The van der Waals surface area contributed by atoms with Crippen molar-refractivity contribution in [1.29, 1.82) is 0 Å². The van der Waals surface area contributed by atoms with Gasteiger partial charge in [0.05, 0.1) is 6.54 Å². The number of rotatable bonds is 0. The van der Waals surface area contributed by atoms with Crippen molar-refractivity contribution in [3.05, 3.63) is 0 Å². The van der Waals surface area contributed by atoms with Gasteiger partial charge < -0.3 is 5.32 Å². The summed E-state index contributed by atoms with van der Waals surface area (Å²) < 4.78 is 0. The predicted octanol–water partition coefficient (Wildman–Crippen LogP) is -2.20. The summed E-state index contributed by atoms with van der Waals surface area (Å²) in [6, 6.07) is 0. The number of hydrogen-bond donors (Lipinski definition) is 2. The molecule has 2 rings (SSSR count). The van der Waals surface area contributed by atoms with Gasteiger partial charge in [0.2, 0.25) is 0 Å². The Balaban J connectivity index is 2.25. The zero-order valence-electron chi connectivity index (χ0n) is 5.11. The van der Waals surface area contributed by atoms with Crippen molar-refractivity contribution in [3.63, 3.8) is 0 Å². The fourth-order valence-corrected chi connectivity index (χ4v) is 1.35. The molecule has 1 saturated heterocycles. The minimum atomic E-state index is -0.181. The fraction of sp³-hybridized carbons (Fsp3) is 0.667. The van der Waals surface area contributed by atoms with Gasteiger partial charge >= 0.3 is 0 Å². The first-order chi connectivity index (χ1) is 4.33. The quantitative estimate of drug-likeness (QED) is 0.354. The lowest BCUT2D eigenvalue weighted by Crippen LogP contribution is -2.94. The van der Waals surface area contributed by atoms with E-state index in [2.05, 4.69) is 10.3 Å². The molecule has 3 nitrogen and oxygen atoms in total. The first kappa shape index (κ1) is 4.97. The van der Waals surface area contributed by atoms with Gasteiger partial charge in [-0.2, -0.15) is 0 Å². The van der Waals surface area contributed by atoms with Crippen molar-refractivity contribution in [1.82, 2.24) is 5.32 Å². The van der Waals surface area contributed by atoms with E-state index in [1.807, 2.05) is 6.21 Å². The van der Waals surface area contributed by atoms with Crippen LogP contribution in [0.1, 0.15) is 12.8 Å². The molecule has 3 heteroatoms. The topological polar surface area (TPSA) is 43.1 Å². The number of β-lactam (4-membered cyclic amide) rings is 1. The molecule has 2 N–H and O–H groups in total. The van der Waals surface area contributed by atoms with E-state index in [0.29, 0.717) is 0 Å². The van der Waals surface area contributed by atoms with Crippen LogP contribution in [0.2, 0.25) is 0 Å². The lowest BCUT2D eigenvalue weighted by Gasteiger charge is -2.28. The van der Waals surface area contributed by atoms with Gasteiger partial charge in [0.1, 0.15) is 6.21 Å². The Morgan fingerprint density at radius 2 is 2.67 bits per heavy atom. The molecule has 48 valence electrons. The summed E-state index contributed by atoms with van der Waals surface area (Å²) in [5.41, 5.74) is -0.181. The van der Waals surface area contributed by atoms with Crippen LogP contribution in [-0.4, -0.2) is 24.2 Å². The Hall–Kier alpha value is -0.860. The molecule has 0 bridgehead atoms. The molecule has 2 heterocycles. The molecule has 1 fully saturated rings. The molecule has 0 radical (unpaired) electrons. The second-order valence-electron chi connectivity index (χ2n) is 2.65. The molecule has 1 atom stereocenters. The van der Waals surface area contributed by atoms with Crippen LogP contribution >= 0.6 is 0 Å². The summed E-state index contributed by atoms with van der Waals surface area (Å²) in [4.78, 5) is 13.9. The van der Waals surface area contributed by atoms with Crippen LogP contribution in [0.25, 0.3) is 0 Å². The van der Waals surface area contributed by atoms with Gasteiger partial charge in [0.25, 0.3) is 11.4 Å². The first-order valence-electron chi connectivity index (χ1n) is 3.21. The summed E-state index contributed by atoms with van der Waals surface area (Å²) >= 11 is 0. The van der Waals surface area contributed by atoms with Crippen LogP contribution in [0, 0.1) is 0 Å². The largest absolute Gasteiger partial charge is 0.342 e. The second kappa shape index (κ2) is 1.35. The Kier molecular flexibility index (Phi) is 0.743. The highest BCUT2D eigenvalue weighted by molar-refractivity contribution is 5.92. The normalized spacial score (nSPS) is 38.9. The van der Waals surface area contributed by atoms with Crippen molar-refractivity contribution < 1.29 is 9.79 Å². The summed E-state index contributed by atoms with van der Waals surface area (Å²) in [5, 5.41) is 2.72. The maximum atomic E-state index is 10.9. The van der Waals surface area contributed by atoms with Crippen molar-refractivity contribution in [3.8, 4) is 0 Å². The molecule has 1 spiro atoms. The van der Waals surface area contributed by atoms with Gasteiger partial charge in [-0.05, 0) is 0 Å². The van der Waals surface area contributed by atoms with Crippen LogP contribution in [0.5, 0.6) is 0 Å². The lowest BCUT2D eigenvalue weighted by molar-refractivity contribution is -0.528. The SMILES string of the molecule is O=C1NCC12CCC=[NH+]2. The highest BCUT2D eigenvalue weighted by atomic mass is 16.2. The molecule has 0 saturated carbocycles. The van der Waals surface area contributed by atoms with E-state index in [4.69, 9.17) is 0 Å². The van der Waals surface area contributed by atoms with Crippen molar-refractivity contribution >= 4 is 12.1 Å². The molecule has 0 aliphatic carbocycles. The van der Waals surface area contributed by atoms with Crippen LogP contribution < -0.4 is 10.3 Å². The summed E-state index contributed by atoms with van der Waals surface area (Å²) in [5.74, 6) is 0.163. The van der Waals surface area contributed by atoms with E-state index in [1.54, 1.807) is 0 Å².